The van der Waals surface area contributed by atoms with Gasteiger partial charge in [0.15, 0.2) is 5.92 Å². The van der Waals surface area contributed by atoms with Crippen LogP contribution in [0.2, 0.25) is 5.02 Å². The van der Waals surface area contributed by atoms with Crippen molar-refractivity contribution in [2.24, 2.45) is 0 Å². The average Bonchev–Trinajstić information content (AvgIpc) is 2.38. The Morgan fingerprint density at radius 1 is 1.24 bits per heavy atom. The maximum atomic E-state index is 12.5. The molecule has 0 saturated carbocycles. The number of esters is 2. The second-order valence-electron chi connectivity index (χ2n) is 3.57. The number of hydrogen-bond acceptors (Lipinski definition) is 5. The summed E-state index contributed by atoms with van der Waals surface area (Å²) >= 11 is 5.65. The van der Waals surface area contributed by atoms with Gasteiger partial charge in [-0.15, -0.1) is 0 Å². The van der Waals surface area contributed by atoms with Crippen molar-refractivity contribution in [2.45, 2.75) is 12.1 Å². The molecule has 0 aromatic carbocycles. The van der Waals surface area contributed by atoms with Crippen LogP contribution in [0.1, 0.15) is 17.2 Å². The molecule has 1 rings (SSSR count). The summed E-state index contributed by atoms with van der Waals surface area (Å²) in [4.78, 5) is 26.4. The molecule has 112 valence electrons. The monoisotopic (exact) mass is 351 g/mol. The van der Waals surface area contributed by atoms with Crippen molar-refractivity contribution in [2.75, 3.05) is 14.2 Å². The van der Waals surface area contributed by atoms with Gasteiger partial charge in [0.25, 0.3) is 0 Å². The first-order chi connectivity index (χ1) is 9.22. The van der Waals surface area contributed by atoms with E-state index in [2.05, 4.69) is 14.5 Å². The van der Waals surface area contributed by atoms with Gasteiger partial charge >= 0.3 is 69.5 Å². The van der Waals surface area contributed by atoms with Gasteiger partial charge in [-0.3, -0.25) is 14.6 Å². The van der Waals surface area contributed by atoms with Crippen LogP contribution < -0.4 is 0 Å². The van der Waals surface area contributed by atoms with Gasteiger partial charge < -0.3 is 9.47 Å². The van der Waals surface area contributed by atoms with Crippen molar-refractivity contribution in [3.63, 3.8) is 0 Å². The number of halogens is 4. The van der Waals surface area contributed by atoms with E-state index in [0.29, 0.717) is 12.3 Å². The first kappa shape index (κ1) is 20.8. The molecule has 0 radical (unpaired) electrons. The van der Waals surface area contributed by atoms with Crippen LogP contribution in [-0.4, -0.2) is 82.5 Å². The molecule has 0 N–H and O–H groups in total. The van der Waals surface area contributed by atoms with Gasteiger partial charge in [-0.05, 0) is 6.07 Å². The van der Waals surface area contributed by atoms with Crippen molar-refractivity contribution < 1.29 is 32.2 Å². The van der Waals surface area contributed by atoms with Gasteiger partial charge in [0.05, 0.1) is 30.5 Å². The normalized spacial score (nSPS) is 10.8. The van der Waals surface area contributed by atoms with Crippen molar-refractivity contribution in [1.29, 1.82) is 0 Å². The molecule has 0 unspecified atom stereocenters. The summed E-state index contributed by atoms with van der Waals surface area (Å²) in [6, 6.07) is 0.572. The number of nitrogens with zero attached hydrogens (tertiary/aromatic N) is 1. The average molecular weight is 352 g/mol. The molecule has 0 bridgehead atoms. The van der Waals surface area contributed by atoms with Crippen LogP contribution in [0.3, 0.4) is 0 Å². The second-order valence-corrected chi connectivity index (χ2v) is 3.98. The quantitative estimate of drug-likeness (QED) is 0.469. The summed E-state index contributed by atoms with van der Waals surface area (Å²) < 4.78 is 46.2. The van der Waals surface area contributed by atoms with Gasteiger partial charge in [-0.25, -0.2) is 0 Å². The number of hydrogen-bond donors (Lipinski definition) is 0. The first-order valence-corrected chi connectivity index (χ1v) is 5.48. The number of aromatic nitrogens is 1. The second kappa shape index (κ2) is 8.44. The van der Waals surface area contributed by atoms with Gasteiger partial charge in [0.2, 0.25) is 0 Å². The van der Waals surface area contributed by atoms with E-state index in [4.69, 9.17) is 11.6 Å². The third-order valence-electron chi connectivity index (χ3n) is 2.34. The van der Waals surface area contributed by atoms with E-state index in [0.717, 1.165) is 14.2 Å². The van der Waals surface area contributed by atoms with E-state index in [1.54, 1.807) is 0 Å². The van der Waals surface area contributed by atoms with E-state index in [-0.39, 0.29) is 57.1 Å². The number of rotatable bonds is 3. The van der Waals surface area contributed by atoms with Crippen LogP contribution in [0.15, 0.2) is 12.3 Å². The fourth-order valence-electron chi connectivity index (χ4n) is 1.37. The first-order valence-electron chi connectivity index (χ1n) is 5.10. The standard InChI is InChI=1S/C11H9ClF3NO4.K.H/c1-19-9(17)7(10(18)20-2)8-6(12)3-5(4-16-8)11(13,14)15;;/h3-4,7H,1-2H3;;. The molecule has 10 heteroatoms. The molecule has 5 nitrogen and oxygen atoms in total. The number of pyridine rings is 1. The number of alkyl halides is 3. The Labute approximate surface area is 165 Å². The van der Waals surface area contributed by atoms with Gasteiger partial charge in [0, 0.05) is 6.20 Å². The van der Waals surface area contributed by atoms with E-state index in [1.807, 2.05) is 0 Å². The Hall–Kier alpha value is -0.194. The van der Waals surface area contributed by atoms with Crippen molar-refractivity contribution >= 4 is 74.9 Å². The minimum absolute atomic E-state index is 0. The predicted molar refractivity (Wildman–Crippen MR) is 68.2 cm³/mol. The van der Waals surface area contributed by atoms with E-state index >= 15 is 0 Å². The molecule has 0 saturated heterocycles. The summed E-state index contributed by atoms with van der Waals surface area (Å²) in [5.74, 6) is -3.71. The predicted octanol–water partition coefficient (Wildman–Crippen LogP) is 1.53. The zero-order valence-corrected chi connectivity index (χ0v) is 11.1. The summed E-state index contributed by atoms with van der Waals surface area (Å²) in [5.41, 5.74) is -1.46. The molecular weight excluding hydrogens is 342 g/mol. The molecule has 1 heterocycles. The number of carbonyl (C=O) groups excluding carboxylic acids is 2. The molecule has 1 aromatic heterocycles. The van der Waals surface area contributed by atoms with Gasteiger partial charge in [-0.1, -0.05) is 11.6 Å². The summed E-state index contributed by atoms with van der Waals surface area (Å²) in [7, 11) is 2.02. The molecule has 21 heavy (non-hydrogen) atoms. The van der Waals surface area contributed by atoms with Crippen LogP contribution in [0.4, 0.5) is 13.2 Å². The Morgan fingerprint density at radius 3 is 2.05 bits per heavy atom. The van der Waals surface area contributed by atoms with E-state index in [1.165, 1.54) is 0 Å². The fourth-order valence-corrected chi connectivity index (χ4v) is 1.65. The molecule has 0 aliphatic heterocycles. The molecule has 0 spiro atoms. The summed E-state index contributed by atoms with van der Waals surface area (Å²) in [5, 5.41) is -0.486. The molecule has 1 aromatic rings. The van der Waals surface area contributed by atoms with Crippen LogP contribution in [-0.2, 0) is 25.2 Å². The van der Waals surface area contributed by atoms with Crippen molar-refractivity contribution in [3.05, 3.63) is 28.5 Å². The number of carbonyl (C=O) groups is 2. The fraction of sp³-hybridized carbons (Fsp3) is 0.364. The SMILES string of the molecule is COC(=O)C(C(=O)OC)c1ncc(C(F)(F)F)cc1Cl.[KH]. The number of methoxy groups -OCH3 is 2. The van der Waals surface area contributed by atoms with Crippen LogP contribution in [0, 0.1) is 0 Å². The van der Waals surface area contributed by atoms with Gasteiger partial charge in [-0.2, -0.15) is 13.2 Å². The van der Waals surface area contributed by atoms with Crippen LogP contribution in [0.5, 0.6) is 0 Å². The molecule has 0 aliphatic carbocycles. The Bertz CT molecular complexity index is 523. The number of ether oxygens (including phenoxy) is 2. The van der Waals surface area contributed by atoms with Crippen molar-refractivity contribution in [3.8, 4) is 0 Å². The Kier molecular flexibility index (Phi) is 8.36. The molecule has 0 atom stereocenters. The Morgan fingerprint density at radius 2 is 1.71 bits per heavy atom. The molecule has 0 fully saturated rings. The summed E-state index contributed by atoms with van der Waals surface area (Å²) in [6.45, 7) is 0. The maximum absolute atomic E-state index is 12.5. The van der Waals surface area contributed by atoms with Crippen LogP contribution >= 0.6 is 11.6 Å². The summed E-state index contributed by atoms with van der Waals surface area (Å²) in [6.07, 6.45) is -4.17. The van der Waals surface area contributed by atoms with Crippen LogP contribution in [0.25, 0.3) is 0 Å². The van der Waals surface area contributed by atoms with E-state index in [9.17, 15) is 22.8 Å². The minimum atomic E-state index is -4.64. The van der Waals surface area contributed by atoms with Crippen molar-refractivity contribution in [1.82, 2.24) is 4.98 Å². The topological polar surface area (TPSA) is 65.5 Å². The molecule has 0 amide bonds. The molecular formula is C11H10ClF3KNO4. The molecule has 0 aliphatic rings. The third-order valence-corrected chi connectivity index (χ3v) is 2.65. The Balaban J connectivity index is 0.00000400. The zero-order valence-electron chi connectivity index (χ0n) is 10.3. The zero-order chi connectivity index (χ0) is 15.5. The van der Waals surface area contributed by atoms with Gasteiger partial charge in [0.1, 0.15) is 0 Å². The van der Waals surface area contributed by atoms with E-state index < -0.39 is 34.6 Å². The third kappa shape index (κ3) is 5.18.